The standard InChI is InChI=1S/C15H29NO2S/c1-12(16-14(17)18-15(2,3)4)10-11-19-13-8-6-5-7-9-13/h12-13H,5-11H2,1-4H3,(H,16,17). The van der Waals surface area contributed by atoms with E-state index in [2.05, 4.69) is 17.1 Å². The molecule has 0 radical (unpaired) electrons. The van der Waals surface area contributed by atoms with Gasteiger partial charge in [-0.15, -0.1) is 0 Å². The quantitative estimate of drug-likeness (QED) is 0.816. The zero-order valence-electron chi connectivity index (χ0n) is 12.8. The molecule has 1 rings (SSSR count). The predicted molar refractivity (Wildman–Crippen MR) is 82.8 cm³/mol. The number of nitrogens with one attached hydrogen (secondary N) is 1. The van der Waals surface area contributed by atoms with Crippen molar-refractivity contribution in [3.63, 3.8) is 0 Å². The number of hydrogen-bond acceptors (Lipinski definition) is 3. The van der Waals surface area contributed by atoms with Crippen LogP contribution in [0.4, 0.5) is 4.79 Å². The molecule has 0 saturated heterocycles. The van der Waals surface area contributed by atoms with E-state index in [0.29, 0.717) is 0 Å². The van der Waals surface area contributed by atoms with Gasteiger partial charge < -0.3 is 10.1 Å². The normalized spacial score (nSPS) is 18.9. The van der Waals surface area contributed by atoms with Gasteiger partial charge in [-0.25, -0.2) is 4.79 Å². The summed E-state index contributed by atoms with van der Waals surface area (Å²) in [6.07, 6.45) is 7.65. The molecule has 1 fully saturated rings. The lowest BCUT2D eigenvalue weighted by Gasteiger charge is -2.23. The molecule has 0 bridgehead atoms. The fourth-order valence-electron chi connectivity index (χ4n) is 2.22. The minimum atomic E-state index is -0.416. The maximum Gasteiger partial charge on any atom is 0.407 e. The second-order valence-electron chi connectivity index (χ2n) is 6.47. The Morgan fingerprint density at radius 2 is 1.95 bits per heavy atom. The molecular formula is C15H29NO2S. The summed E-state index contributed by atoms with van der Waals surface area (Å²) in [6, 6.07) is 0.186. The minimum Gasteiger partial charge on any atom is -0.444 e. The highest BCUT2D eigenvalue weighted by molar-refractivity contribution is 7.99. The van der Waals surface area contributed by atoms with Crippen LogP contribution in [0.25, 0.3) is 0 Å². The summed E-state index contributed by atoms with van der Waals surface area (Å²) in [6.45, 7) is 7.70. The Bertz CT molecular complexity index is 270. The second-order valence-corrected chi connectivity index (χ2v) is 7.88. The molecule has 0 heterocycles. The average molecular weight is 287 g/mol. The lowest BCUT2D eigenvalue weighted by Crippen LogP contribution is -2.38. The Morgan fingerprint density at radius 1 is 1.32 bits per heavy atom. The first-order chi connectivity index (χ1) is 8.87. The fraction of sp³-hybridized carbons (Fsp3) is 0.933. The van der Waals surface area contributed by atoms with E-state index in [4.69, 9.17) is 4.74 Å². The van der Waals surface area contributed by atoms with Crippen molar-refractivity contribution in [1.82, 2.24) is 5.32 Å². The van der Waals surface area contributed by atoms with Gasteiger partial charge in [-0.2, -0.15) is 11.8 Å². The van der Waals surface area contributed by atoms with Crippen LogP contribution in [0.1, 0.15) is 66.2 Å². The molecule has 3 nitrogen and oxygen atoms in total. The van der Waals surface area contributed by atoms with Gasteiger partial charge in [-0.05, 0) is 52.7 Å². The number of hydrogen-bond donors (Lipinski definition) is 1. The van der Waals surface area contributed by atoms with Gasteiger partial charge in [0.15, 0.2) is 0 Å². The Balaban J connectivity index is 2.10. The van der Waals surface area contributed by atoms with Gasteiger partial charge in [0.2, 0.25) is 0 Å². The molecule has 0 spiro atoms. The van der Waals surface area contributed by atoms with Crippen LogP contribution in [0.15, 0.2) is 0 Å². The highest BCUT2D eigenvalue weighted by Gasteiger charge is 2.18. The molecule has 0 aliphatic heterocycles. The van der Waals surface area contributed by atoms with Crippen molar-refractivity contribution in [3.8, 4) is 0 Å². The maximum atomic E-state index is 11.6. The Morgan fingerprint density at radius 3 is 2.53 bits per heavy atom. The van der Waals surface area contributed by atoms with Gasteiger partial charge >= 0.3 is 6.09 Å². The molecule has 1 unspecified atom stereocenters. The smallest absolute Gasteiger partial charge is 0.407 e. The van der Waals surface area contributed by atoms with Crippen molar-refractivity contribution < 1.29 is 9.53 Å². The van der Waals surface area contributed by atoms with E-state index in [-0.39, 0.29) is 12.1 Å². The molecule has 4 heteroatoms. The van der Waals surface area contributed by atoms with E-state index in [1.165, 1.54) is 32.1 Å². The lowest BCUT2D eigenvalue weighted by atomic mass is 10.0. The third-order valence-corrected chi connectivity index (χ3v) is 4.63. The third kappa shape index (κ3) is 8.40. The van der Waals surface area contributed by atoms with Gasteiger partial charge in [0.05, 0.1) is 0 Å². The summed E-state index contributed by atoms with van der Waals surface area (Å²) in [4.78, 5) is 11.6. The Kier molecular flexibility index (Phi) is 7.05. The molecule has 1 atom stereocenters. The summed E-state index contributed by atoms with van der Waals surface area (Å²) in [5.41, 5.74) is -0.416. The molecule has 0 aromatic heterocycles. The topological polar surface area (TPSA) is 38.3 Å². The number of carbonyl (C=O) groups is 1. The maximum absolute atomic E-state index is 11.6. The monoisotopic (exact) mass is 287 g/mol. The van der Waals surface area contributed by atoms with Crippen LogP contribution in [0.3, 0.4) is 0 Å². The molecule has 19 heavy (non-hydrogen) atoms. The van der Waals surface area contributed by atoms with Gasteiger partial charge in [0, 0.05) is 11.3 Å². The summed E-state index contributed by atoms with van der Waals surface area (Å²) in [5.74, 6) is 1.13. The van der Waals surface area contributed by atoms with Gasteiger partial charge in [0.25, 0.3) is 0 Å². The van der Waals surface area contributed by atoms with Crippen molar-refractivity contribution in [2.24, 2.45) is 0 Å². The summed E-state index contributed by atoms with van der Waals surface area (Å²) < 4.78 is 5.25. The lowest BCUT2D eigenvalue weighted by molar-refractivity contribution is 0.0508. The van der Waals surface area contributed by atoms with Crippen LogP contribution in [0.5, 0.6) is 0 Å². The third-order valence-electron chi connectivity index (χ3n) is 3.22. The van der Waals surface area contributed by atoms with E-state index in [9.17, 15) is 4.79 Å². The number of carbonyl (C=O) groups excluding carboxylic acids is 1. The first kappa shape index (κ1) is 16.7. The van der Waals surface area contributed by atoms with E-state index < -0.39 is 5.60 Å². The summed E-state index contributed by atoms with van der Waals surface area (Å²) in [7, 11) is 0. The SMILES string of the molecule is CC(CCSC1CCCCC1)NC(=O)OC(C)(C)C. The van der Waals surface area contributed by atoms with Crippen LogP contribution in [-0.4, -0.2) is 28.7 Å². The minimum absolute atomic E-state index is 0.186. The molecule has 112 valence electrons. The van der Waals surface area contributed by atoms with E-state index in [1.54, 1.807) is 0 Å². The van der Waals surface area contributed by atoms with Crippen molar-refractivity contribution >= 4 is 17.9 Å². The first-order valence-electron chi connectivity index (χ1n) is 7.48. The van der Waals surface area contributed by atoms with Crippen LogP contribution < -0.4 is 5.32 Å². The predicted octanol–water partition coefficient (Wildman–Crippen LogP) is 4.36. The zero-order valence-corrected chi connectivity index (χ0v) is 13.6. The molecule has 1 saturated carbocycles. The molecule has 1 amide bonds. The average Bonchev–Trinajstić information content (AvgIpc) is 2.27. The number of ether oxygens (including phenoxy) is 1. The van der Waals surface area contributed by atoms with Crippen LogP contribution >= 0.6 is 11.8 Å². The largest absolute Gasteiger partial charge is 0.444 e. The molecule has 1 N–H and O–H groups in total. The number of alkyl carbamates (subject to hydrolysis) is 1. The first-order valence-corrected chi connectivity index (χ1v) is 8.53. The number of amides is 1. The van der Waals surface area contributed by atoms with Gasteiger partial charge in [-0.1, -0.05) is 19.3 Å². The van der Waals surface area contributed by atoms with E-state index in [0.717, 1.165) is 17.4 Å². The van der Waals surface area contributed by atoms with Crippen LogP contribution in [-0.2, 0) is 4.74 Å². The molecular weight excluding hydrogens is 258 g/mol. The van der Waals surface area contributed by atoms with E-state index >= 15 is 0 Å². The summed E-state index contributed by atoms with van der Waals surface area (Å²) >= 11 is 2.07. The fourth-order valence-corrected chi connectivity index (χ4v) is 3.71. The number of rotatable bonds is 5. The number of thioether (sulfide) groups is 1. The van der Waals surface area contributed by atoms with Crippen molar-refractivity contribution in [3.05, 3.63) is 0 Å². The van der Waals surface area contributed by atoms with Crippen LogP contribution in [0.2, 0.25) is 0 Å². The molecule has 0 aromatic carbocycles. The Labute approximate surface area is 122 Å². The van der Waals surface area contributed by atoms with Gasteiger partial charge in [-0.3, -0.25) is 0 Å². The second kappa shape index (κ2) is 8.03. The molecule has 1 aliphatic carbocycles. The highest BCUT2D eigenvalue weighted by Crippen LogP contribution is 2.28. The zero-order chi connectivity index (χ0) is 14.3. The van der Waals surface area contributed by atoms with Crippen molar-refractivity contribution in [2.75, 3.05) is 5.75 Å². The van der Waals surface area contributed by atoms with Gasteiger partial charge in [0.1, 0.15) is 5.60 Å². The van der Waals surface area contributed by atoms with E-state index in [1.807, 2.05) is 27.7 Å². The molecule has 1 aliphatic rings. The van der Waals surface area contributed by atoms with Crippen molar-refractivity contribution in [2.45, 2.75) is 83.1 Å². The van der Waals surface area contributed by atoms with Crippen LogP contribution in [0, 0.1) is 0 Å². The van der Waals surface area contributed by atoms with Crippen molar-refractivity contribution in [1.29, 1.82) is 0 Å². The highest BCUT2D eigenvalue weighted by atomic mass is 32.2. The molecule has 0 aromatic rings. The summed E-state index contributed by atoms with van der Waals surface area (Å²) in [5, 5.41) is 3.75. The Hall–Kier alpha value is -0.380.